The molecule has 0 bridgehead atoms. The summed E-state index contributed by atoms with van der Waals surface area (Å²) in [6.07, 6.45) is 0. The highest BCUT2D eigenvalue weighted by atomic mass is 16.2. The van der Waals surface area contributed by atoms with Crippen molar-refractivity contribution in [2.24, 2.45) is 0 Å². The van der Waals surface area contributed by atoms with Crippen LogP contribution in [0.15, 0.2) is 30.3 Å². The van der Waals surface area contributed by atoms with E-state index >= 15 is 0 Å². The standard InChI is InChI=1S/C13H16N2O2/c1-13(2)12(17)15(9-11(16)14-13)8-10-6-4-3-5-7-10/h3-7H,8-9H2,1-2H3,(H,14,16). The Balaban J connectivity index is 2.15. The van der Waals surface area contributed by atoms with Gasteiger partial charge in [-0.15, -0.1) is 0 Å². The van der Waals surface area contributed by atoms with Gasteiger partial charge in [0.15, 0.2) is 0 Å². The van der Waals surface area contributed by atoms with Crippen LogP contribution in [0.4, 0.5) is 0 Å². The van der Waals surface area contributed by atoms with E-state index in [4.69, 9.17) is 0 Å². The molecule has 0 aromatic heterocycles. The molecule has 2 amide bonds. The highest BCUT2D eigenvalue weighted by Crippen LogP contribution is 2.15. The highest BCUT2D eigenvalue weighted by molar-refractivity contribution is 5.97. The van der Waals surface area contributed by atoms with Gasteiger partial charge in [-0.05, 0) is 19.4 Å². The predicted octanol–water partition coefficient (Wildman–Crippen LogP) is 0.924. The Kier molecular flexibility index (Phi) is 2.88. The van der Waals surface area contributed by atoms with E-state index < -0.39 is 5.54 Å². The summed E-state index contributed by atoms with van der Waals surface area (Å²) in [5.41, 5.74) is 0.232. The van der Waals surface area contributed by atoms with Gasteiger partial charge in [-0.3, -0.25) is 9.59 Å². The van der Waals surface area contributed by atoms with Crippen LogP contribution >= 0.6 is 0 Å². The first-order valence-corrected chi connectivity index (χ1v) is 5.63. The lowest BCUT2D eigenvalue weighted by Gasteiger charge is -2.37. The van der Waals surface area contributed by atoms with Crippen LogP contribution in [0.3, 0.4) is 0 Å². The Hall–Kier alpha value is -1.84. The van der Waals surface area contributed by atoms with Crippen molar-refractivity contribution in [3.63, 3.8) is 0 Å². The zero-order valence-electron chi connectivity index (χ0n) is 10.1. The second kappa shape index (κ2) is 4.20. The fourth-order valence-corrected chi connectivity index (χ4v) is 2.01. The van der Waals surface area contributed by atoms with Crippen LogP contribution in [0.1, 0.15) is 19.4 Å². The van der Waals surface area contributed by atoms with E-state index in [9.17, 15) is 9.59 Å². The van der Waals surface area contributed by atoms with Crippen molar-refractivity contribution in [2.75, 3.05) is 6.54 Å². The van der Waals surface area contributed by atoms with Gasteiger partial charge in [0.05, 0.1) is 6.54 Å². The number of carbonyl (C=O) groups is 2. The summed E-state index contributed by atoms with van der Waals surface area (Å²) >= 11 is 0. The molecule has 1 fully saturated rings. The van der Waals surface area contributed by atoms with Gasteiger partial charge in [-0.2, -0.15) is 0 Å². The molecule has 1 saturated heterocycles. The molecule has 1 aromatic rings. The quantitative estimate of drug-likeness (QED) is 0.824. The molecule has 0 radical (unpaired) electrons. The van der Waals surface area contributed by atoms with E-state index in [2.05, 4.69) is 5.32 Å². The molecule has 90 valence electrons. The van der Waals surface area contributed by atoms with Crippen LogP contribution in [0.2, 0.25) is 0 Å². The van der Waals surface area contributed by atoms with Crippen LogP contribution in [0.5, 0.6) is 0 Å². The normalized spacial score (nSPS) is 19.1. The largest absolute Gasteiger partial charge is 0.341 e. The fourth-order valence-electron chi connectivity index (χ4n) is 2.01. The molecular weight excluding hydrogens is 216 g/mol. The smallest absolute Gasteiger partial charge is 0.248 e. The number of rotatable bonds is 2. The molecule has 17 heavy (non-hydrogen) atoms. The Morgan fingerprint density at radius 1 is 1.24 bits per heavy atom. The molecular formula is C13H16N2O2. The number of carbonyl (C=O) groups excluding carboxylic acids is 2. The van der Waals surface area contributed by atoms with Gasteiger partial charge in [0, 0.05) is 6.54 Å². The van der Waals surface area contributed by atoms with Gasteiger partial charge in [-0.1, -0.05) is 30.3 Å². The molecule has 1 aromatic carbocycles. The second-order valence-corrected chi connectivity index (χ2v) is 4.82. The van der Waals surface area contributed by atoms with Crippen LogP contribution in [0, 0.1) is 0 Å². The predicted molar refractivity (Wildman–Crippen MR) is 64.1 cm³/mol. The number of nitrogens with zero attached hydrogens (tertiary/aromatic N) is 1. The monoisotopic (exact) mass is 232 g/mol. The maximum absolute atomic E-state index is 12.1. The van der Waals surface area contributed by atoms with Crippen LogP contribution in [-0.2, 0) is 16.1 Å². The molecule has 2 rings (SSSR count). The molecule has 1 N–H and O–H groups in total. The van der Waals surface area contributed by atoms with Crippen molar-refractivity contribution in [1.82, 2.24) is 10.2 Å². The Morgan fingerprint density at radius 3 is 2.53 bits per heavy atom. The molecule has 0 atom stereocenters. The minimum absolute atomic E-state index is 0.0408. The van der Waals surface area contributed by atoms with Gasteiger partial charge in [0.25, 0.3) is 0 Å². The second-order valence-electron chi connectivity index (χ2n) is 4.82. The molecule has 0 spiro atoms. The van der Waals surface area contributed by atoms with Crippen molar-refractivity contribution < 1.29 is 9.59 Å². The summed E-state index contributed by atoms with van der Waals surface area (Å²) in [6.45, 7) is 4.07. The maximum Gasteiger partial charge on any atom is 0.248 e. The fraction of sp³-hybridized carbons (Fsp3) is 0.385. The Bertz CT molecular complexity index is 440. The average molecular weight is 232 g/mol. The third-order valence-electron chi connectivity index (χ3n) is 2.82. The third kappa shape index (κ3) is 2.46. The van der Waals surface area contributed by atoms with Crippen molar-refractivity contribution in [3.8, 4) is 0 Å². The average Bonchev–Trinajstić information content (AvgIpc) is 2.26. The third-order valence-corrected chi connectivity index (χ3v) is 2.82. The minimum atomic E-state index is -0.801. The molecule has 4 nitrogen and oxygen atoms in total. The first-order chi connectivity index (χ1) is 7.99. The zero-order chi connectivity index (χ0) is 12.5. The minimum Gasteiger partial charge on any atom is -0.341 e. The topological polar surface area (TPSA) is 49.4 Å². The van der Waals surface area contributed by atoms with Gasteiger partial charge in [0.2, 0.25) is 11.8 Å². The molecule has 4 heteroatoms. The highest BCUT2D eigenvalue weighted by Gasteiger charge is 2.38. The summed E-state index contributed by atoms with van der Waals surface area (Å²) in [4.78, 5) is 25.2. The van der Waals surface area contributed by atoms with E-state index in [1.54, 1.807) is 18.7 Å². The number of piperazine rings is 1. The van der Waals surface area contributed by atoms with Gasteiger partial charge >= 0.3 is 0 Å². The lowest BCUT2D eigenvalue weighted by atomic mass is 10.00. The Labute approximate surface area is 101 Å². The van der Waals surface area contributed by atoms with E-state index in [-0.39, 0.29) is 18.4 Å². The lowest BCUT2D eigenvalue weighted by molar-refractivity contribution is -0.148. The SMILES string of the molecule is CC1(C)NC(=O)CN(Cc2ccccc2)C1=O. The summed E-state index contributed by atoms with van der Waals surface area (Å²) in [5, 5.41) is 2.69. The zero-order valence-corrected chi connectivity index (χ0v) is 10.1. The van der Waals surface area contributed by atoms with E-state index in [0.29, 0.717) is 6.54 Å². The molecule has 1 aliphatic rings. The van der Waals surface area contributed by atoms with E-state index in [0.717, 1.165) is 5.56 Å². The van der Waals surface area contributed by atoms with Gasteiger partial charge in [0.1, 0.15) is 5.54 Å². The lowest BCUT2D eigenvalue weighted by Crippen LogP contribution is -2.63. The number of nitrogens with one attached hydrogen (secondary N) is 1. The summed E-state index contributed by atoms with van der Waals surface area (Å²) in [7, 11) is 0. The van der Waals surface area contributed by atoms with Crippen molar-refractivity contribution in [1.29, 1.82) is 0 Å². The van der Waals surface area contributed by atoms with Crippen molar-refractivity contribution in [3.05, 3.63) is 35.9 Å². The number of hydrogen-bond donors (Lipinski definition) is 1. The summed E-state index contributed by atoms with van der Waals surface area (Å²) < 4.78 is 0. The van der Waals surface area contributed by atoms with Gasteiger partial charge < -0.3 is 10.2 Å². The first-order valence-electron chi connectivity index (χ1n) is 5.63. The van der Waals surface area contributed by atoms with Crippen LogP contribution < -0.4 is 5.32 Å². The molecule has 1 heterocycles. The molecule has 1 aliphatic heterocycles. The summed E-state index contributed by atoms with van der Waals surface area (Å²) in [5.74, 6) is -0.147. The van der Waals surface area contributed by atoms with Gasteiger partial charge in [-0.25, -0.2) is 0 Å². The number of amides is 2. The molecule has 0 unspecified atom stereocenters. The number of hydrogen-bond acceptors (Lipinski definition) is 2. The van der Waals surface area contributed by atoms with Crippen molar-refractivity contribution >= 4 is 11.8 Å². The van der Waals surface area contributed by atoms with Crippen molar-refractivity contribution in [2.45, 2.75) is 25.9 Å². The van der Waals surface area contributed by atoms with Crippen LogP contribution in [-0.4, -0.2) is 28.8 Å². The summed E-state index contributed by atoms with van der Waals surface area (Å²) in [6, 6.07) is 9.68. The van der Waals surface area contributed by atoms with E-state index in [1.165, 1.54) is 0 Å². The Morgan fingerprint density at radius 2 is 1.88 bits per heavy atom. The molecule has 0 saturated carbocycles. The molecule has 0 aliphatic carbocycles. The maximum atomic E-state index is 12.1. The van der Waals surface area contributed by atoms with Crippen LogP contribution in [0.25, 0.3) is 0 Å². The van der Waals surface area contributed by atoms with E-state index in [1.807, 2.05) is 30.3 Å². The number of benzene rings is 1. The first kappa shape index (κ1) is 11.6.